The van der Waals surface area contributed by atoms with Crippen LogP contribution in [0.2, 0.25) is 10.0 Å². The minimum Gasteiger partial charge on any atom is -0.238 e. The Morgan fingerprint density at radius 3 is 2.73 bits per heavy atom. The molecule has 3 rings (SSSR count). The highest BCUT2D eigenvalue weighted by atomic mass is 35.5. The Kier molecular flexibility index (Phi) is 6.42. The van der Waals surface area contributed by atoms with Crippen LogP contribution in [0.4, 0.5) is 0 Å². The minimum atomic E-state index is 0.355. The van der Waals surface area contributed by atoms with Crippen LogP contribution >= 0.6 is 58.1 Å². The Morgan fingerprint density at radius 1 is 1.23 bits per heavy atom. The normalized spacial score (nSPS) is 10.3. The lowest BCUT2D eigenvalue weighted by Gasteiger charge is -2.10. The molecule has 0 bridgehead atoms. The molecule has 1 aromatic carbocycles. The van der Waals surface area contributed by atoms with Gasteiger partial charge in [-0.25, -0.2) is 15.0 Å². The van der Waals surface area contributed by atoms with Crippen molar-refractivity contribution in [3.05, 3.63) is 45.4 Å². The van der Waals surface area contributed by atoms with Crippen LogP contribution in [-0.2, 0) is 0 Å². The van der Waals surface area contributed by atoms with Gasteiger partial charge in [-0.15, -0.1) is 17.8 Å². The van der Waals surface area contributed by atoms with Gasteiger partial charge in [-0.3, -0.25) is 0 Å². The van der Waals surface area contributed by atoms with Gasteiger partial charge in [0.2, 0.25) is 0 Å². The fourth-order valence-electron chi connectivity index (χ4n) is 1.96. The van der Waals surface area contributed by atoms with Gasteiger partial charge in [0.1, 0.15) is 16.7 Å². The maximum atomic E-state index is 9.72. The van der Waals surface area contributed by atoms with Gasteiger partial charge in [-0.05, 0) is 23.9 Å². The maximum Gasteiger partial charge on any atom is 0.190 e. The number of thiazole rings is 1. The van der Waals surface area contributed by atoms with E-state index in [0.717, 1.165) is 4.34 Å². The molecule has 0 amide bonds. The molecule has 0 aliphatic carbocycles. The van der Waals surface area contributed by atoms with E-state index in [1.54, 1.807) is 24.4 Å². The molecule has 0 aliphatic heterocycles. The summed E-state index contributed by atoms with van der Waals surface area (Å²) in [5.74, 6) is 2.97. The first kappa shape index (κ1) is 19.0. The molecule has 0 fully saturated rings. The van der Waals surface area contributed by atoms with Crippen LogP contribution in [0.1, 0.15) is 5.56 Å². The summed E-state index contributed by atoms with van der Waals surface area (Å²) in [6, 6.07) is 7.32. The second-order valence-electron chi connectivity index (χ2n) is 4.67. The third kappa shape index (κ3) is 4.32. The summed E-state index contributed by atoms with van der Waals surface area (Å²) in [5.41, 5.74) is 1.52. The van der Waals surface area contributed by atoms with Crippen molar-refractivity contribution in [3.8, 4) is 29.7 Å². The molecule has 0 unspecified atom stereocenters. The summed E-state index contributed by atoms with van der Waals surface area (Å²) in [7, 11) is 0. The number of benzene rings is 1. The SMILES string of the molecule is C#CCSc1nc(Sc2nccs2)c(C#N)c(-c2ccc(Cl)c(Cl)c2)n1. The number of nitrogens with zero attached hydrogens (tertiary/aromatic N) is 4. The highest BCUT2D eigenvalue weighted by Crippen LogP contribution is 2.37. The first-order valence-corrected chi connectivity index (χ1v) is 10.5. The molecule has 0 radical (unpaired) electrons. The molecule has 0 aliphatic rings. The standard InChI is InChI=1S/C17H8Cl2N4S3/c1-2-6-24-16-22-14(10-3-4-12(18)13(19)8-10)11(9-20)15(23-16)26-17-21-5-7-25-17/h1,3-5,7-8H,6H2. The molecule has 0 saturated carbocycles. The fourth-order valence-corrected chi connectivity index (χ4v) is 4.45. The van der Waals surface area contributed by atoms with Crippen molar-refractivity contribution in [2.24, 2.45) is 0 Å². The molecule has 2 aromatic heterocycles. The van der Waals surface area contributed by atoms with Gasteiger partial charge in [0.25, 0.3) is 0 Å². The maximum absolute atomic E-state index is 9.72. The second-order valence-corrected chi connectivity index (χ2v) is 8.56. The number of nitriles is 1. The molecule has 2 heterocycles. The van der Waals surface area contributed by atoms with E-state index in [1.807, 2.05) is 5.38 Å². The Bertz CT molecular complexity index is 1020. The zero-order valence-electron chi connectivity index (χ0n) is 12.9. The molecule has 3 aromatic rings. The van der Waals surface area contributed by atoms with Crippen LogP contribution in [0.3, 0.4) is 0 Å². The van der Waals surface area contributed by atoms with Crippen LogP contribution in [-0.4, -0.2) is 20.7 Å². The van der Waals surface area contributed by atoms with E-state index >= 15 is 0 Å². The van der Waals surface area contributed by atoms with Gasteiger partial charge >= 0.3 is 0 Å². The molecule has 0 atom stereocenters. The summed E-state index contributed by atoms with van der Waals surface area (Å²) in [5, 5.41) is 13.4. The number of thioether (sulfide) groups is 1. The molecule has 4 nitrogen and oxygen atoms in total. The minimum absolute atomic E-state index is 0.355. The average molecular weight is 435 g/mol. The number of rotatable bonds is 5. The second kappa shape index (κ2) is 8.77. The van der Waals surface area contributed by atoms with Crippen molar-refractivity contribution < 1.29 is 0 Å². The highest BCUT2D eigenvalue weighted by Gasteiger charge is 2.19. The Morgan fingerprint density at radius 2 is 2.08 bits per heavy atom. The fraction of sp³-hybridized carbons (Fsp3) is 0.0588. The molecule has 0 N–H and O–H groups in total. The van der Waals surface area contributed by atoms with E-state index in [2.05, 4.69) is 26.9 Å². The van der Waals surface area contributed by atoms with E-state index < -0.39 is 0 Å². The first-order chi connectivity index (χ1) is 12.6. The molecule has 26 heavy (non-hydrogen) atoms. The topological polar surface area (TPSA) is 62.5 Å². The largest absolute Gasteiger partial charge is 0.238 e. The number of hydrogen-bond donors (Lipinski definition) is 0. The van der Waals surface area contributed by atoms with Crippen molar-refractivity contribution >= 4 is 58.1 Å². The summed E-state index contributed by atoms with van der Waals surface area (Å²) in [6.07, 6.45) is 7.04. The van der Waals surface area contributed by atoms with Crippen LogP contribution in [0, 0.1) is 23.7 Å². The Labute approximate surface area is 173 Å². The van der Waals surface area contributed by atoms with E-state index in [4.69, 9.17) is 29.6 Å². The molecule has 0 saturated heterocycles. The lowest BCUT2D eigenvalue weighted by Crippen LogP contribution is -1.99. The van der Waals surface area contributed by atoms with Crippen molar-refractivity contribution in [2.75, 3.05) is 5.75 Å². The van der Waals surface area contributed by atoms with Gasteiger partial charge in [-0.2, -0.15) is 5.26 Å². The van der Waals surface area contributed by atoms with E-state index in [1.165, 1.54) is 34.9 Å². The zero-order chi connectivity index (χ0) is 18.5. The lowest BCUT2D eigenvalue weighted by molar-refractivity contribution is 0.889. The number of hydrogen-bond acceptors (Lipinski definition) is 7. The van der Waals surface area contributed by atoms with Crippen molar-refractivity contribution in [1.82, 2.24) is 15.0 Å². The molecule has 0 spiro atoms. The molecule has 128 valence electrons. The monoisotopic (exact) mass is 434 g/mol. The predicted octanol–water partition coefficient (Wildman–Crippen LogP) is 5.66. The van der Waals surface area contributed by atoms with Crippen molar-refractivity contribution in [3.63, 3.8) is 0 Å². The number of halogens is 2. The van der Waals surface area contributed by atoms with Crippen molar-refractivity contribution in [2.45, 2.75) is 14.5 Å². The Balaban J connectivity index is 2.15. The molecular weight excluding hydrogens is 427 g/mol. The molecular formula is C17H8Cl2N4S3. The van der Waals surface area contributed by atoms with Crippen molar-refractivity contribution in [1.29, 1.82) is 5.26 Å². The summed E-state index contributed by atoms with van der Waals surface area (Å²) < 4.78 is 0.785. The van der Waals surface area contributed by atoms with Gasteiger partial charge in [0, 0.05) is 17.1 Å². The Hall–Kier alpha value is -1.74. The van der Waals surface area contributed by atoms with Gasteiger partial charge < -0.3 is 0 Å². The van der Waals surface area contributed by atoms with Crippen LogP contribution < -0.4 is 0 Å². The summed E-state index contributed by atoms with van der Waals surface area (Å²) in [6.45, 7) is 0. The lowest BCUT2D eigenvalue weighted by atomic mass is 10.1. The predicted molar refractivity (Wildman–Crippen MR) is 108 cm³/mol. The average Bonchev–Trinajstić information content (AvgIpc) is 3.15. The number of terminal acetylenes is 1. The molecule has 9 heteroatoms. The van der Waals surface area contributed by atoms with Gasteiger partial charge in [-0.1, -0.05) is 47.0 Å². The van der Waals surface area contributed by atoms with E-state index in [9.17, 15) is 5.26 Å². The zero-order valence-corrected chi connectivity index (χ0v) is 16.9. The van der Waals surface area contributed by atoms with E-state index in [0.29, 0.717) is 42.8 Å². The van der Waals surface area contributed by atoms with Gasteiger partial charge in [0.15, 0.2) is 9.50 Å². The number of aromatic nitrogens is 3. The van der Waals surface area contributed by atoms with Crippen LogP contribution in [0.25, 0.3) is 11.3 Å². The van der Waals surface area contributed by atoms with Crippen LogP contribution in [0.5, 0.6) is 0 Å². The third-order valence-corrected chi connectivity index (χ3v) is 6.40. The quantitative estimate of drug-likeness (QED) is 0.223. The summed E-state index contributed by atoms with van der Waals surface area (Å²) in [4.78, 5) is 13.2. The summed E-state index contributed by atoms with van der Waals surface area (Å²) >= 11 is 16.3. The highest BCUT2D eigenvalue weighted by molar-refractivity contribution is 8.01. The first-order valence-electron chi connectivity index (χ1n) is 7.03. The third-order valence-electron chi connectivity index (χ3n) is 3.04. The van der Waals surface area contributed by atoms with Crippen LogP contribution in [0.15, 0.2) is 44.3 Å². The smallest absolute Gasteiger partial charge is 0.190 e. The van der Waals surface area contributed by atoms with Gasteiger partial charge in [0.05, 0.1) is 21.5 Å². The van der Waals surface area contributed by atoms with E-state index in [-0.39, 0.29) is 0 Å².